The van der Waals surface area contributed by atoms with Crippen LogP contribution >= 0.6 is 0 Å². The van der Waals surface area contributed by atoms with Gasteiger partial charge in [-0.2, -0.15) is 0 Å². The van der Waals surface area contributed by atoms with E-state index in [2.05, 4.69) is 6.92 Å². The van der Waals surface area contributed by atoms with Gasteiger partial charge in [0.15, 0.2) is 0 Å². The lowest BCUT2D eigenvalue weighted by Gasteiger charge is -2.03. The molecule has 0 aromatic rings. The molecule has 4 heteroatoms. The Bertz CT molecular complexity index is 219. The van der Waals surface area contributed by atoms with E-state index < -0.39 is 6.09 Å². The first kappa shape index (κ1) is 25.5. The normalized spacial score (nSPS) is 10.1. The minimum Gasteiger partial charge on any atom is -0.465 e. The van der Waals surface area contributed by atoms with Gasteiger partial charge in [-0.1, -0.05) is 103 Å². The highest BCUT2D eigenvalue weighted by molar-refractivity contribution is 5.63. The van der Waals surface area contributed by atoms with Crippen LogP contribution in [0, 0.1) is 0 Å². The summed E-state index contributed by atoms with van der Waals surface area (Å²) in [5, 5.41) is 18.2. The Morgan fingerprint density at radius 1 is 0.667 bits per heavy atom. The van der Waals surface area contributed by atoms with Crippen LogP contribution in [0.2, 0.25) is 0 Å². The van der Waals surface area contributed by atoms with E-state index in [9.17, 15) is 4.79 Å². The van der Waals surface area contributed by atoms with Gasteiger partial charge in [0, 0.05) is 13.7 Å². The Labute approximate surface area is 150 Å². The highest BCUT2D eigenvalue weighted by Crippen LogP contribution is 2.13. The molecule has 24 heavy (non-hydrogen) atoms. The highest BCUT2D eigenvalue weighted by Gasteiger charge is 1.94. The number of carboxylic acid groups (broad SMARTS) is 1. The van der Waals surface area contributed by atoms with Crippen molar-refractivity contribution in [1.82, 2.24) is 5.32 Å². The lowest BCUT2D eigenvalue weighted by Crippen LogP contribution is -2.13. The Hall–Kier alpha value is -0.770. The number of nitrogens with one attached hydrogen (secondary N) is 1. The number of aliphatic hydroxyl groups excluding tert-OH is 1. The van der Waals surface area contributed by atoms with Gasteiger partial charge < -0.3 is 15.5 Å². The molecule has 0 aliphatic carbocycles. The zero-order chi connectivity index (χ0) is 18.3. The lowest BCUT2D eigenvalue weighted by molar-refractivity contribution is 0.197. The van der Waals surface area contributed by atoms with Gasteiger partial charge in [-0.15, -0.1) is 0 Å². The molecule has 0 heterocycles. The zero-order valence-corrected chi connectivity index (χ0v) is 16.3. The number of amides is 1. The fourth-order valence-corrected chi connectivity index (χ4v) is 2.66. The lowest BCUT2D eigenvalue weighted by atomic mass is 10.0. The summed E-state index contributed by atoms with van der Waals surface area (Å²) < 4.78 is 0. The molecule has 0 unspecified atom stereocenters. The van der Waals surface area contributed by atoms with Crippen molar-refractivity contribution in [3.05, 3.63) is 0 Å². The number of hydrogen-bond donors (Lipinski definition) is 3. The molecule has 0 fully saturated rings. The van der Waals surface area contributed by atoms with Crippen LogP contribution in [-0.2, 0) is 0 Å². The summed E-state index contributed by atoms with van der Waals surface area (Å²) in [7, 11) is 1.35. The Kier molecular flexibility index (Phi) is 26.0. The molecule has 4 nitrogen and oxygen atoms in total. The molecule has 0 aromatic heterocycles. The Morgan fingerprint density at radius 2 is 0.917 bits per heavy atom. The van der Waals surface area contributed by atoms with Gasteiger partial charge in [0.2, 0.25) is 0 Å². The fourth-order valence-electron chi connectivity index (χ4n) is 2.66. The van der Waals surface area contributed by atoms with E-state index in [-0.39, 0.29) is 0 Å². The number of unbranched alkanes of at least 4 members (excludes halogenated alkanes) is 15. The van der Waals surface area contributed by atoms with Crippen LogP contribution in [0.5, 0.6) is 0 Å². The largest absolute Gasteiger partial charge is 0.465 e. The molecule has 0 bridgehead atoms. The van der Waals surface area contributed by atoms with E-state index >= 15 is 0 Å². The van der Waals surface area contributed by atoms with Crippen molar-refractivity contribution in [3.8, 4) is 0 Å². The second kappa shape index (κ2) is 24.5. The monoisotopic (exact) mass is 345 g/mol. The molecule has 0 spiro atoms. The molecule has 0 radical (unpaired) electrons. The Balaban J connectivity index is 0. The molecular formula is C20H43NO3. The van der Waals surface area contributed by atoms with Crippen molar-refractivity contribution in [1.29, 1.82) is 0 Å². The first-order valence-corrected chi connectivity index (χ1v) is 10.2. The summed E-state index contributed by atoms with van der Waals surface area (Å²) in [5.74, 6) is 0. The van der Waals surface area contributed by atoms with Crippen molar-refractivity contribution in [3.63, 3.8) is 0 Å². The number of carbonyl (C=O) groups is 1. The predicted molar refractivity (Wildman–Crippen MR) is 104 cm³/mol. The third-order valence-corrected chi connectivity index (χ3v) is 4.23. The maximum Gasteiger partial charge on any atom is 0.404 e. The van der Waals surface area contributed by atoms with E-state index in [1.54, 1.807) is 0 Å². The summed E-state index contributed by atoms with van der Waals surface area (Å²) >= 11 is 0. The molecular weight excluding hydrogens is 302 g/mol. The molecule has 0 saturated carbocycles. The topological polar surface area (TPSA) is 69.6 Å². The van der Waals surface area contributed by atoms with E-state index in [1.165, 1.54) is 103 Å². The standard InChI is InChI=1S/C18H38O.C2H5NO2/c1-2-3-4-5-6-7-8-9-10-11-12-13-14-15-16-17-18-19;1-3-2(4)5/h19H,2-18H2,1H3;3H,1H3,(H,4,5). The maximum atomic E-state index is 9.26. The van der Waals surface area contributed by atoms with Crippen LogP contribution in [0.1, 0.15) is 110 Å². The van der Waals surface area contributed by atoms with Crippen LogP contribution in [0.15, 0.2) is 0 Å². The van der Waals surface area contributed by atoms with Crippen molar-refractivity contribution in [2.75, 3.05) is 13.7 Å². The molecule has 3 N–H and O–H groups in total. The van der Waals surface area contributed by atoms with E-state index in [1.807, 2.05) is 5.32 Å². The SMILES string of the molecule is CCCCCCCCCCCCCCCCCCO.CNC(=O)O. The van der Waals surface area contributed by atoms with Gasteiger partial charge in [0.05, 0.1) is 0 Å². The average Bonchev–Trinajstić information content (AvgIpc) is 2.59. The third kappa shape index (κ3) is 29.3. The smallest absolute Gasteiger partial charge is 0.404 e. The van der Waals surface area contributed by atoms with Gasteiger partial charge in [0.1, 0.15) is 0 Å². The quantitative estimate of drug-likeness (QED) is 0.295. The van der Waals surface area contributed by atoms with Crippen LogP contribution in [0.4, 0.5) is 4.79 Å². The van der Waals surface area contributed by atoms with Crippen molar-refractivity contribution < 1.29 is 15.0 Å². The second-order valence-corrected chi connectivity index (χ2v) is 6.58. The summed E-state index contributed by atoms with van der Waals surface area (Å²) in [5.41, 5.74) is 0. The predicted octanol–water partition coefficient (Wildman–Crippen LogP) is 6.12. The van der Waals surface area contributed by atoms with Crippen LogP contribution in [-0.4, -0.2) is 30.0 Å². The Morgan fingerprint density at radius 3 is 1.12 bits per heavy atom. The fraction of sp³-hybridized carbons (Fsp3) is 0.950. The van der Waals surface area contributed by atoms with Gasteiger partial charge in [0.25, 0.3) is 0 Å². The molecule has 1 amide bonds. The molecule has 0 aliphatic rings. The molecule has 0 saturated heterocycles. The van der Waals surface area contributed by atoms with Crippen LogP contribution in [0.3, 0.4) is 0 Å². The molecule has 146 valence electrons. The van der Waals surface area contributed by atoms with Gasteiger partial charge in [-0.25, -0.2) is 4.79 Å². The first-order valence-electron chi connectivity index (χ1n) is 10.2. The van der Waals surface area contributed by atoms with Crippen molar-refractivity contribution >= 4 is 6.09 Å². The molecule has 0 aliphatic heterocycles. The highest BCUT2D eigenvalue weighted by atomic mass is 16.4. The first-order chi connectivity index (χ1) is 11.7. The van der Waals surface area contributed by atoms with Crippen LogP contribution < -0.4 is 5.32 Å². The second-order valence-electron chi connectivity index (χ2n) is 6.58. The number of aliphatic hydroxyl groups is 1. The molecule has 0 aromatic carbocycles. The van der Waals surface area contributed by atoms with Gasteiger partial charge in [-0.05, 0) is 6.42 Å². The third-order valence-electron chi connectivity index (χ3n) is 4.23. The van der Waals surface area contributed by atoms with Crippen molar-refractivity contribution in [2.24, 2.45) is 0 Å². The summed E-state index contributed by atoms with van der Waals surface area (Å²) in [6.07, 6.45) is 21.2. The summed E-state index contributed by atoms with van der Waals surface area (Å²) in [6, 6.07) is 0. The summed E-state index contributed by atoms with van der Waals surface area (Å²) in [6.45, 7) is 2.66. The number of hydrogen-bond acceptors (Lipinski definition) is 2. The van der Waals surface area contributed by atoms with E-state index in [0.717, 1.165) is 6.42 Å². The maximum absolute atomic E-state index is 9.26. The molecule has 0 rings (SSSR count). The summed E-state index contributed by atoms with van der Waals surface area (Å²) in [4.78, 5) is 9.26. The van der Waals surface area contributed by atoms with E-state index in [4.69, 9.17) is 10.2 Å². The van der Waals surface area contributed by atoms with E-state index in [0.29, 0.717) is 6.61 Å². The minimum atomic E-state index is -0.995. The van der Waals surface area contributed by atoms with Crippen LogP contribution in [0.25, 0.3) is 0 Å². The van der Waals surface area contributed by atoms with Crippen molar-refractivity contribution in [2.45, 2.75) is 110 Å². The van der Waals surface area contributed by atoms with Gasteiger partial charge in [-0.3, -0.25) is 0 Å². The minimum absolute atomic E-state index is 0.373. The van der Waals surface area contributed by atoms with Gasteiger partial charge >= 0.3 is 6.09 Å². The molecule has 0 atom stereocenters. The average molecular weight is 346 g/mol. The zero-order valence-electron chi connectivity index (χ0n) is 16.3. The number of rotatable bonds is 16.